The van der Waals surface area contributed by atoms with Crippen LogP contribution in [0.5, 0.6) is 5.75 Å². The number of carboxylic acids is 2. The van der Waals surface area contributed by atoms with Crippen molar-refractivity contribution < 1.29 is 48.8 Å². The highest BCUT2D eigenvalue weighted by molar-refractivity contribution is 8.01. The number of phenolic OH excluding ortho intramolecular Hbond substituents is 1. The van der Waals surface area contributed by atoms with Gasteiger partial charge in [-0.15, -0.1) is 11.8 Å². The molecule has 2 aliphatic heterocycles. The first-order valence-electron chi connectivity index (χ1n) is 13.1. The summed E-state index contributed by atoms with van der Waals surface area (Å²) in [6.45, 7) is 4.35. The predicted octanol–water partition coefficient (Wildman–Crippen LogP) is 1.21. The van der Waals surface area contributed by atoms with E-state index < -0.39 is 59.5 Å². The molecule has 1 aromatic carbocycles. The number of nitrogens with one attached hydrogen (secondary N) is 3. The molecule has 3 amide bonds. The van der Waals surface area contributed by atoms with E-state index in [-0.39, 0.29) is 35.4 Å². The number of alkyl carbamates (subject to hydrolysis) is 1. The van der Waals surface area contributed by atoms with E-state index in [1.54, 1.807) is 20.8 Å². The van der Waals surface area contributed by atoms with Gasteiger partial charge in [-0.2, -0.15) is 5.10 Å². The van der Waals surface area contributed by atoms with Crippen molar-refractivity contribution in [3.8, 4) is 5.75 Å². The lowest BCUT2D eigenvalue weighted by Gasteiger charge is -2.49. The second kappa shape index (κ2) is 13.6. The number of rotatable bonds is 12. The average molecular weight is 651 g/mol. The number of hydrogen-bond donors (Lipinski definition) is 6. The zero-order valence-electron chi connectivity index (χ0n) is 23.7. The SMILES string of the molecule is CC(C)(C)OC(=O)NC(C(=O)NC1C(=O)N2C(C(=O)O)=C(CSc3nc(COCC(=O)O)n[nH]3)CS[C@H]12)c1ccc(O)cc1. The monoisotopic (exact) mass is 650 g/mol. The average Bonchev–Trinajstić information content (AvgIpc) is 3.39. The Morgan fingerprint density at radius 1 is 1.20 bits per heavy atom. The first-order chi connectivity index (χ1) is 20.7. The van der Waals surface area contributed by atoms with E-state index >= 15 is 0 Å². The Morgan fingerprint density at radius 3 is 2.55 bits per heavy atom. The molecule has 2 unspecified atom stereocenters. The number of amides is 3. The van der Waals surface area contributed by atoms with Crippen LogP contribution < -0.4 is 10.6 Å². The lowest BCUT2D eigenvalue weighted by Crippen LogP contribution is -2.71. The summed E-state index contributed by atoms with van der Waals surface area (Å²) in [5.74, 6) is -3.21. The van der Waals surface area contributed by atoms with Gasteiger partial charge in [-0.3, -0.25) is 19.6 Å². The van der Waals surface area contributed by atoms with Gasteiger partial charge in [-0.1, -0.05) is 23.9 Å². The van der Waals surface area contributed by atoms with Crippen LogP contribution in [0.15, 0.2) is 40.7 Å². The molecule has 3 atom stereocenters. The first kappa shape index (κ1) is 32.6. The van der Waals surface area contributed by atoms with Crippen molar-refractivity contribution in [1.82, 2.24) is 30.7 Å². The van der Waals surface area contributed by atoms with Crippen LogP contribution in [-0.4, -0.2) is 100 Å². The number of H-pyrrole nitrogens is 1. The van der Waals surface area contributed by atoms with E-state index in [9.17, 15) is 34.2 Å². The van der Waals surface area contributed by atoms with Crippen molar-refractivity contribution in [2.24, 2.45) is 0 Å². The molecule has 4 rings (SSSR count). The van der Waals surface area contributed by atoms with Gasteiger partial charge in [0.15, 0.2) is 11.0 Å². The molecular formula is C26H30N6O10S2. The molecule has 0 bridgehead atoms. The second-order valence-electron chi connectivity index (χ2n) is 10.6. The molecule has 0 aliphatic carbocycles. The summed E-state index contributed by atoms with van der Waals surface area (Å²) in [5.41, 5.74) is -0.260. The zero-order chi connectivity index (χ0) is 32.2. The smallest absolute Gasteiger partial charge is 0.408 e. The van der Waals surface area contributed by atoms with Gasteiger partial charge in [0, 0.05) is 11.5 Å². The number of benzene rings is 1. The van der Waals surface area contributed by atoms with E-state index in [1.807, 2.05) is 0 Å². The minimum Gasteiger partial charge on any atom is -0.508 e. The number of aromatic nitrogens is 3. The molecule has 2 aliphatic rings. The van der Waals surface area contributed by atoms with Gasteiger partial charge in [0.05, 0.1) is 0 Å². The van der Waals surface area contributed by atoms with E-state index in [2.05, 4.69) is 25.8 Å². The van der Waals surface area contributed by atoms with Crippen LogP contribution in [0.4, 0.5) is 4.79 Å². The fourth-order valence-electron chi connectivity index (χ4n) is 4.22. The van der Waals surface area contributed by atoms with Crippen molar-refractivity contribution in [2.45, 2.75) is 55.6 Å². The van der Waals surface area contributed by atoms with Crippen molar-refractivity contribution in [3.63, 3.8) is 0 Å². The fraction of sp³-hybridized carbons (Fsp3) is 0.423. The van der Waals surface area contributed by atoms with E-state index in [0.717, 1.165) is 16.7 Å². The van der Waals surface area contributed by atoms with Crippen molar-refractivity contribution in [3.05, 3.63) is 46.9 Å². The fourth-order valence-corrected chi connectivity index (χ4v) is 6.52. The highest BCUT2D eigenvalue weighted by Crippen LogP contribution is 2.41. The molecule has 1 saturated heterocycles. The summed E-state index contributed by atoms with van der Waals surface area (Å²) in [7, 11) is 0. The maximum atomic E-state index is 13.4. The molecule has 236 valence electrons. The number of fused-ring (bicyclic) bond motifs is 1. The molecule has 44 heavy (non-hydrogen) atoms. The van der Waals surface area contributed by atoms with Crippen LogP contribution in [0.3, 0.4) is 0 Å². The highest BCUT2D eigenvalue weighted by Gasteiger charge is 2.54. The van der Waals surface area contributed by atoms with Gasteiger partial charge in [-0.05, 0) is 44.0 Å². The maximum Gasteiger partial charge on any atom is 0.408 e. The molecule has 0 saturated carbocycles. The number of hydrogen-bond acceptors (Lipinski definition) is 12. The van der Waals surface area contributed by atoms with Gasteiger partial charge < -0.3 is 35.4 Å². The first-order valence-corrected chi connectivity index (χ1v) is 15.1. The molecular weight excluding hydrogens is 620 g/mol. The minimum absolute atomic E-state index is 0.0518. The molecule has 1 aromatic heterocycles. The van der Waals surface area contributed by atoms with Crippen LogP contribution in [0, 0.1) is 0 Å². The number of β-lactam (4-membered cyclic amide) rings is 1. The van der Waals surface area contributed by atoms with Crippen molar-refractivity contribution >= 4 is 53.4 Å². The van der Waals surface area contributed by atoms with Crippen LogP contribution in [0.25, 0.3) is 0 Å². The largest absolute Gasteiger partial charge is 0.508 e. The van der Waals surface area contributed by atoms with Crippen LogP contribution in [0.2, 0.25) is 0 Å². The Bertz CT molecular complexity index is 1470. The van der Waals surface area contributed by atoms with Gasteiger partial charge in [0.25, 0.3) is 5.91 Å². The standard InChI is InChI=1S/C26H30N6O10S2/c1-26(2,3)42-25(40)29-17(12-4-6-14(33)7-5-12)20(36)28-18-21(37)32-19(23(38)39)13(10-43-22(18)32)11-44-24-27-15(30-31-24)8-41-9-16(34)35/h4-7,17-18,22,33H,8-11H2,1-3H3,(H,28,36)(H,29,40)(H,34,35)(H,38,39)(H,27,30,31)/t17?,18?,22-/m1/s1. The Kier molecular flexibility index (Phi) is 10.1. The van der Waals surface area contributed by atoms with Gasteiger partial charge in [0.1, 0.15) is 47.7 Å². The molecule has 18 heteroatoms. The topological polar surface area (TPSA) is 233 Å². The summed E-state index contributed by atoms with van der Waals surface area (Å²) >= 11 is 2.42. The number of aromatic hydroxyl groups is 1. The van der Waals surface area contributed by atoms with Crippen LogP contribution in [0.1, 0.15) is 38.2 Å². The molecule has 0 spiro atoms. The Balaban J connectivity index is 1.43. The zero-order valence-corrected chi connectivity index (χ0v) is 25.4. The number of ether oxygens (including phenoxy) is 2. The number of carbonyl (C=O) groups is 5. The van der Waals surface area contributed by atoms with E-state index in [4.69, 9.17) is 14.6 Å². The normalized spacial score (nSPS) is 18.6. The van der Waals surface area contributed by atoms with Crippen LogP contribution >= 0.6 is 23.5 Å². The van der Waals surface area contributed by atoms with Gasteiger partial charge in [0.2, 0.25) is 5.91 Å². The van der Waals surface area contributed by atoms with Crippen molar-refractivity contribution in [1.29, 1.82) is 0 Å². The number of carboxylic acid groups (broad SMARTS) is 2. The molecule has 3 heterocycles. The number of thioether (sulfide) groups is 2. The maximum absolute atomic E-state index is 13.4. The Hall–Kier alpha value is -4.29. The Morgan fingerprint density at radius 2 is 1.91 bits per heavy atom. The van der Waals surface area contributed by atoms with E-state index in [1.165, 1.54) is 36.0 Å². The summed E-state index contributed by atoms with van der Waals surface area (Å²) in [6, 6.07) is 3.24. The lowest BCUT2D eigenvalue weighted by atomic mass is 10.0. The molecule has 2 aromatic rings. The lowest BCUT2D eigenvalue weighted by molar-refractivity contribution is -0.151. The Labute approximate surface area is 258 Å². The molecule has 1 fully saturated rings. The third-order valence-electron chi connectivity index (χ3n) is 6.05. The van der Waals surface area contributed by atoms with Gasteiger partial charge in [-0.25, -0.2) is 19.4 Å². The molecule has 6 N–H and O–H groups in total. The summed E-state index contributed by atoms with van der Waals surface area (Å²) in [5, 5.41) is 39.7. The molecule has 16 nitrogen and oxygen atoms in total. The number of phenols is 1. The van der Waals surface area contributed by atoms with Gasteiger partial charge >= 0.3 is 18.0 Å². The predicted molar refractivity (Wildman–Crippen MR) is 154 cm³/mol. The number of nitrogens with zero attached hydrogens (tertiary/aromatic N) is 3. The quantitative estimate of drug-likeness (QED) is 0.140. The van der Waals surface area contributed by atoms with E-state index in [0.29, 0.717) is 16.3 Å². The third-order valence-corrected chi connectivity index (χ3v) is 8.34. The summed E-state index contributed by atoms with van der Waals surface area (Å²) in [6.07, 6.45) is -0.871. The number of carbonyl (C=O) groups excluding carboxylic acids is 3. The minimum atomic E-state index is -1.31. The summed E-state index contributed by atoms with van der Waals surface area (Å²) in [4.78, 5) is 67.2. The van der Waals surface area contributed by atoms with Crippen molar-refractivity contribution in [2.75, 3.05) is 18.1 Å². The summed E-state index contributed by atoms with van der Waals surface area (Å²) < 4.78 is 10.2. The highest BCUT2D eigenvalue weighted by atomic mass is 32.2. The number of aliphatic carboxylic acids is 2. The second-order valence-corrected chi connectivity index (χ2v) is 12.6. The third kappa shape index (κ3) is 8.00. The number of aromatic amines is 1. The molecule has 0 radical (unpaired) electrons. The van der Waals surface area contributed by atoms with Crippen LogP contribution in [-0.2, 0) is 35.3 Å².